The van der Waals surface area contributed by atoms with Crippen molar-refractivity contribution in [2.75, 3.05) is 0 Å². The first-order valence-electron chi connectivity index (χ1n) is 18.3. The number of aliphatic hydroxyl groups excluding tert-OH is 1. The van der Waals surface area contributed by atoms with Crippen LogP contribution >= 0.6 is 0 Å². The Hall–Kier alpha value is -2.72. The first-order valence-corrected chi connectivity index (χ1v) is 18.3. The Morgan fingerprint density at radius 3 is 2.00 bits per heavy atom. The van der Waals surface area contributed by atoms with Crippen molar-refractivity contribution in [3.63, 3.8) is 0 Å². The lowest BCUT2D eigenvalue weighted by Crippen LogP contribution is -2.66. The molecule has 5 aliphatic carbocycles. The van der Waals surface area contributed by atoms with Crippen molar-refractivity contribution in [2.45, 2.75) is 118 Å². The van der Waals surface area contributed by atoms with Gasteiger partial charge in [0.05, 0.1) is 11.5 Å². The summed E-state index contributed by atoms with van der Waals surface area (Å²) < 4.78 is 6.52. The van der Waals surface area contributed by atoms with Crippen molar-refractivity contribution in [3.8, 4) is 0 Å². The summed E-state index contributed by atoms with van der Waals surface area (Å²) in [5, 5.41) is 11.1. The van der Waals surface area contributed by atoms with Gasteiger partial charge in [0.2, 0.25) is 0 Å². The third-order valence-electron chi connectivity index (χ3n) is 15.5. The van der Waals surface area contributed by atoms with Crippen LogP contribution < -0.4 is 0 Å². The van der Waals surface area contributed by atoms with Crippen molar-refractivity contribution < 1.29 is 19.4 Å². The van der Waals surface area contributed by atoms with Gasteiger partial charge in [-0.25, -0.2) is 0 Å². The number of fused-ring (bicyclic) bond motifs is 7. The Bertz CT molecular complexity index is 1540. The van der Waals surface area contributed by atoms with Gasteiger partial charge in [-0.3, -0.25) is 9.59 Å². The molecule has 0 radical (unpaired) electrons. The number of carbonyl (C=O) groups excluding carboxylic acids is 2. The quantitative estimate of drug-likeness (QED) is 0.340. The molecule has 0 spiro atoms. The molecule has 0 aromatic heterocycles. The number of allylic oxidation sites excluding steroid dienone is 2. The van der Waals surface area contributed by atoms with Crippen LogP contribution in [-0.2, 0) is 14.3 Å². The molecule has 0 heterocycles. The van der Waals surface area contributed by atoms with Crippen molar-refractivity contribution in [2.24, 2.45) is 50.2 Å². The molecule has 5 aliphatic rings. The normalized spacial score (nSPS) is 42.3. The molecule has 0 amide bonds. The molecule has 0 aliphatic heterocycles. The Morgan fingerprint density at radius 1 is 0.787 bits per heavy atom. The van der Waals surface area contributed by atoms with Crippen molar-refractivity contribution in [3.05, 3.63) is 83.4 Å². The van der Waals surface area contributed by atoms with E-state index in [-0.39, 0.29) is 51.0 Å². The Morgan fingerprint density at radius 2 is 1.38 bits per heavy atom. The SMILES string of the molecule is CC12CC[C@](C)(C(=O)OC(c3ccccc3)c3ccccc3)CC1C1=CC(=O)[C@@H]3C4(C)CCC(O)C(C)(C)C4CCC3(C)[C@]1(C)CC2. The number of carbonyl (C=O) groups is 2. The second-order valence-electron chi connectivity index (χ2n) is 18.2. The van der Waals surface area contributed by atoms with E-state index >= 15 is 0 Å². The number of hydrogen-bond donors (Lipinski definition) is 1. The zero-order valence-electron chi connectivity index (χ0n) is 29.8. The highest BCUT2D eigenvalue weighted by molar-refractivity contribution is 5.95. The van der Waals surface area contributed by atoms with Gasteiger partial charge in [0.1, 0.15) is 0 Å². The standard InChI is InChI=1S/C43H56O4/c1-38(2)33-18-21-43(7)36(41(33,5)20-19-34(38)45)32(44)26-30-31-27-40(4,23-22-39(31,3)24-25-42(30,43)6)37(46)47-35(28-14-10-8-11-15-28)29-16-12-9-13-17-29/h8-17,26,31,33-36,45H,18-25,27H2,1-7H3/t31?,33?,34?,36-,39?,40+,41?,42-,43?/m1/s1. The summed E-state index contributed by atoms with van der Waals surface area (Å²) in [6, 6.07) is 20.1. The summed E-state index contributed by atoms with van der Waals surface area (Å²) in [5.41, 5.74) is 2.09. The van der Waals surface area contributed by atoms with Gasteiger partial charge in [0, 0.05) is 5.92 Å². The van der Waals surface area contributed by atoms with Gasteiger partial charge in [0.25, 0.3) is 0 Å². The lowest BCUT2D eigenvalue weighted by Gasteiger charge is -2.70. The predicted molar refractivity (Wildman–Crippen MR) is 186 cm³/mol. The maximum atomic E-state index is 14.7. The van der Waals surface area contributed by atoms with Crippen LogP contribution in [0.5, 0.6) is 0 Å². The minimum atomic E-state index is -0.640. The number of aliphatic hydroxyl groups is 1. The van der Waals surface area contributed by atoms with Gasteiger partial charge in [-0.15, -0.1) is 0 Å². The molecular weight excluding hydrogens is 580 g/mol. The molecule has 2 aromatic rings. The molecule has 4 fully saturated rings. The highest BCUT2D eigenvalue weighted by Gasteiger charge is 2.70. The van der Waals surface area contributed by atoms with Crippen LogP contribution in [0.2, 0.25) is 0 Å². The number of esters is 1. The van der Waals surface area contributed by atoms with E-state index in [1.54, 1.807) is 0 Å². The van der Waals surface area contributed by atoms with Crippen LogP contribution in [0.15, 0.2) is 72.3 Å². The van der Waals surface area contributed by atoms with Crippen molar-refractivity contribution >= 4 is 11.8 Å². The summed E-state index contributed by atoms with van der Waals surface area (Å²) >= 11 is 0. The van der Waals surface area contributed by atoms with Gasteiger partial charge in [-0.05, 0) is 121 Å². The fourth-order valence-corrected chi connectivity index (χ4v) is 12.2. The Kier molecular flexibility index (Phi) is 7.60. The largest absolute Gasteiger partial charge is 0.452 e. The molecule has 6 unspecified atom stereocenters. The molecule has 252 valence electrons. The van der Waals surface area contributed by atoms with E-state index in [0.29, 0.717) is 18.1 Å². The molecular formula is C43H56O4. The van der Waals surface area contributed by atoms with E-state index in [1.807, 2.05) is 60.7 Å². The minimum Gasteiger partial charge on any atom is -0.452 e. The Labute approximate surface area is 282 Å². The zero-order chi connectivity index (χ0) is 33.6. The molecule has 9 atom stereocenters. The van der Waals surface area contributed by atoms with Crippen LogP contribution in [-0.4, -0.2) is 23.0 Å². The summed E-state index contributed by atoms with van der Waals surface area (Å²) in [5.74, 6) is 0.606. The molecule has 2 aromatic carbocycles. The van der Waals surface area contributed by atoms with Gasteiger partial charge in [-0.2, -0.15) is 0 Å². The topological polar surface area (TPSA) is 63.6 Å². The average Bonchev–Trinajstić information content (AvgIpc) is 3.04. The van der Waals surface area contributed by atoms with Crippen LogP contribution in [0.1, 0.15) is 123 Å². The van der Waals surface area contributed by atoms with Crippen LogP contribution in [0, 0.1) is 50.2 Å². The number of benzene rings is 2. The number of hydrogen-bond acceptors (Lipinski definition) is 4. The summed E-state index contributed by atoms with van der Waals surface area (Å²) in [6.07, 6.45) is 9.72. The monoisotopic (exact) mass is 636 g/mol. The van der Waals surface area contributed by atoms with E-state index in [4.69, 9.17) is 4.74 Å². The third kappa shape index (κ3) is 4.70. The predicted octanol–water partition coefficient (Wildman–Crippen LogP) is 9.66. The smallest absolute Gasteiger partial charge is 0.312 e. The summed E-state index contributed by atoms with van der Waals surface area (Å²) in [6.45, 7) is 16.3. The molecule has 7 rings (SSSR count). The number of ether oxygens (including phenoxy) is 1. The lowest BCUT2D eigenvalue weighted by molar-refractivity contribution is -0.202. The Balaban J connectivity index is 1.23. The van der Waals surface area contributed by atoms with Crippen LogP contribution in [0.4, 0.5) is 0 Å². The number of ketones is 1. The molecule has 47 heavy (non-hydrogen) atoms. The first-order chi connectivity index (χ1) is 22.1. The fourth-order valence-electron chi connectivity index (χ4n) is 12.2. The van der Waals surface area contributed by atoms with Gasteiger partial charge >= 0.3 is 5.97 Å². The first kappa shape index (κ1) is 32.8. The molecule has 0 bridgehead atoms. The maximum absolute atomic E-state index is 14.7. The lowest BCUT2D eigenvalue weighted by atomic mass is 9.33. The van der Waals surface area contributed by atoms with Crippen LogP contribution in [0.3, 0.4) is 0 Å². The van der Waals surface area contributed by atoms with Crippen LogP contribution in [0.25, 0.3) is 0 Å². The van der Waals surface area contributed by atoms with E-state index in [1.165, 1.54) is 5.57 Å². The van der Waals surface area contributed by atoms with Crippen molar-refractivity contribution in [1.29, 1.82) is 0 Å². The minimum absolute atomic E-state index is 0.0453. The molecule has 4 nitrogen and oxygen atoms in total. The van der Waals surface area contributed by atoms with Crippen molar-refractivity contribution in [1.82, 2.24) is 0 Å². The highest BCUT2D eigenvalue weighted by Crippen LogP contribution is 2.75. The van der Waals surface area contributed by atoms with Gasteiger partial charge < -0.3 is 9.84 Å². The fraction of sp³-hybridized carbons (Fsp3) is 0.628. The zero-order valence-corrected chi connectivity index (χ0v) is 29.8. The van der Waals surface area contributed by atoms with Gasteiger partial charge in [0.15, 0.2) is 11.9 Å². The second kappa shape index (κ2) is 10.9. The average molecular weight is 637 g/mol. The van der Waals surface area contributed by atoms with Gasteiger partial charge in [-0.1, -0.05) is 108 Å². The van der Waals surface area contributed by atoms with E-state index < -0.39 is 11.5 Å². The molecule has 1 N–H and O–H groups in total. The van der Waals surface area contributed by atoms with E-state index in [0.717, 1.165) is 62.5 Å². The summed E-state index contributed by atoms with van der Waals surface area (Å²) in [4.78, 5) is 29.1. The molecule has 4 heteroatoms. The highest BCUT2D eigenvalue weighted by atomic mass is 16.5. The van der Waals surface area contributed by atoms with E-state index in [9.17, 15) is 14.7 Å². The molecule has 4 saturated carbocycles. The van der Waals surface area contributed by atoms with E-state index in [2.05, 4.69) is 54.5 Å². The molecule has 0 saturated heterocycles. The third-order valence-corrected chi connectivity index (χ3v) is 15.5. The maximum Gasteiger partial charge on any atom is 0.312 e. The second-order valence-corrected chi connectivity index (χ2v) is 18.2. The number of rotatable bonds is 4. The summed E-state index contributed by atoms with van der Waals surface area (Å²) in [7, 11) is 0.